The summed E-state index contributed by atoms with van der Waals surface area (Å²) >= 11 is 0. The standard InChI is InChI=1S/C7H15N.2C2H6/c1-7(2)5-3-4-6-8-7;2*1-2/h8H,3-6H2,1-2H3;2*1-2H3. The van der Waals surface area contributed by atoms with Crippen molar-refractivity contribution in [3.05, 3.63) is 0 Å². The third kappa shape index (κ3) is 8.06. The minimum atomic E-state index is 0.429. The summed E-state index contributed by atoms with van der Waals surface area (Å²) in [6.45, 7) is 13.8. The van der Waals surface area contributed by atoms with Crippen LogP contribution >= 0.6 is 0 Å². The van der Waals surface area contributed by atoms with Crippen molar-refractivity contribution in [2.45, 2.75) is 66.3 Å². The zero-order valence-corrected chi connectivity index (χ0v) is 9.83. The second kappa shape index (κ2) is 9.05. The monoisotopic (exact) mass is 173 g/mol. The first-order valence-electron chi connectivity index (χ1n) is 5.46. The fourth-order valence-electron chi connectivity index (χ4n) is 1.21. The topological polar surface area (TPSA) is 12.0 Å². The maximum Gasteiger partial charge on any atom is 0.0125 e. The van der Waals surface area contributed by atoms with Crippen molar-refractivity contribution in [2.24, 2.45) is 0 Å². The number of nitrogens with one attached hydrogen (secondary N) is 1. The lowest BCUT2D eigenvalue weighted by molar-refractivity contribution is 0.304. The molecule has 1 saturated heterocycles. The normalized spacial score (nSPS) is 19.5. The van der Waals surface area contributed by atoms with Gasteiger partial charge in [-0.15, -0.1) is 0 Å². The van der Waals surface area contributed by atoms with Crippen molar-refractivity contribution in [2.75, 3.05) is 6.54 Å². The number of rotatable bonds is 0. The smallest absolute Gasteiger partial charge is 0.0125 e. The van der Waals surface area contributed by atoms with E-state index in [4.69, 9.17) is 0 Å². The third-order valence-electron chi connectivity index (χ3n) is 1.83. The largest absolute Gasteiger partial charge is 0.312 e. The Morgan fingerprint density at radius 2 is 1.42 bits per heavy atom. The van der Waals surface area contributed by atoms with Crippen LogP contribution in [-0.4, -0.2) is 12.1 Å². The van der Waals surface area contributed by atoms with Crippen LogP contribution in [0.3, 0.4) is 0 Å². The molecule has 0 saturated carbocycles. The molecule has 1 heterocycles. The van der Waals surface area contributed by atoms with Gasteiger partial charge in [0.05, 0.1) is 0 Å². The fourth-order valence-corrected chi connectivity index (χ4v) is 1.21. The summed E-state index contributed by atoms with van der Waals surface area (Å²) in [7, 11) is 0. The molecule has 1 fully saturated rings. The van der Waals surface area contributed by atoms with E-state index in [1.807, 2.05) is 27.7 Å². The highest BCUT2D eigenvalue weighted by atomic mass is 15.0. The maximum absolute atomic E-state index is 3.46. The molecule has 12 heavy (non-hydrogen) atoms. The summed E-state index contributed by atoms with van der Waals surface area (Å²) in [4.78, 5) is 0. The minimum absolute atomic E-state index is 0.429. The molecule has 0 aromatic rings. The summed E-state index contributed by atoms with van der Waals surface area (Å²) in [5.74, 6) is 0. The van der Waals surface area contributed by atoms with Crippen LogP contribution < -0.4 is 5.32 Å². The Bertz CT molecular complexity index is 69.1. The first-order valence-corrected chi connectivity index (χ1v) is 5.46. The summed E-state index contributed by atoms with van der Waals surface area (Å²) in [5.41, 5.74) is 0.429. The van der Waals surface area contributed by atoms with E-state index in [1.165, 1.54) is 25.8 Å². The number of hydrogen-bond donors (Lipinski definition) is 1. The second-order valence-electron chi connectivity index (χ2n) is 3.27. The predicted molar refractivity (Wildman–Crippen MR) is 58.6 cm³/mol. The van der Waals surface area contributed by atoms with Crippen LogP contribution in [0.1, 0.15) is 60.8 Å². The lowest BCUT2D eigenvalue weighted by Crippen LogP contribution is -2.42. The van der Waals surface area contributed by atoms with Crippen molar-refractivity contribution in [3.8, 4) is 0 Å². The molecule has 76 valence electrons. The van der Waals surface area contributed by atoms with Gasteiger partial charge in [0.15, 0.2) is 0 Å². The molecule has 0 aromatic heterocycles. The molecule has 0 unspecified atom stereocenters. The molecule has 1 heteroatoms. The quantitative estimate of drug-likeness (QED) is 0.590. The van der Waals surface area contributed by atoms with Gasteiger partial charge < -0.3 is 5.32 Å². The van der Waals surface area contributed by atoms with Crippen LogP contribution in [0.25, 0.3) is 0 Å². The van der Waals surface area contributed by atoms with E-state index in [0.29, 0.717) is 5.54 Å². The number of piperidine rings is 1. The molecular formula is C11H27N. The summed E-state index contributed by atoms with van der Waals surface area (Å²) in [6.07, 6.45) is 4.11. The lowest BCUT2D eigenvalue weighted by Gasteiger charge is -2.30. The predicted octanol–water partition coefficient (Wildman–Crippen LogP) is 3.59. The van der Waals surface area contributed by atoms with E-state index in [1.54, 1.807) is 0 Å². The van der Waals surface area contributed by atoms with Crippen LogP contribution in [0.5, 0.6) is 0 Å². The summed E-state index contributed by atoms with van der Waals surface area (Å²) in [6, 6.07) is 0. The molecule has 0 amide bonds. The summed E-state index contributed by atoms with van der Waals surface area (Å²) in [5, 5.41) is 3.46. The van der Waals surface area contributed by atoms with Crippen LogP contribution in [0.15, 0.2) is 0 Å². The first-order chi connectivity index (χ1) is 5.71. The van der Waals surface area contributed by atoms with E-state index < -0.39 is 0 Å². The molecule has 1 aliphatic heterocycles. The minimum Gasteiger partial charge on any atom is -0.312 e. The van der Waals surface area contributed by atoms with Crippen LogP contribution in [-0.2, 0) is 0 Å². The van der Waals surface area contributed by atoms with E-state index in [0.717, 1.165) is 0 Å². The van der Waals surface area contributed by atoms with E-state index in [9.17, 15) is 0 Å². The van der Waals surface area contributed by atoms with Crippen LogP contribution in [0, 0.1) is 0 Å². The Balaban J connectivity index is 0. The maximum atomic E-state index is 3.46. The summed E-state index contributed by atoms with van der Waals surface area (Å²) < 4.78 is 0. The SMILES string of the molecule is CC.CC.CC1(C)CCCCN1. The van der Waals surface area contributed by atoms with Gasteiger partial charge in [-0.25, -0.2) is 0 Å². The van der Waals surface area contributed by atoms with E-state index in [2.05, 4.69) is 19.2 Å². The average Bonchev–Trinajstić information content (AvgIpc) is 2.11. The second-order valence-corrected chi connectivity index (χ2v) is 3.27. The first kappa shape index (κ1) is 14.5. The van der Waals surface area contributed by atoms with Crippen molar-refractivity contribution in [3.63, 3.8) is 0 Å². The fraction of sp³-hybridized carbons (Fsp3) is 1.00. The van der Waals surface area contributed by atoms with Crippen molar-refractivity contribution in [1.29, 1.82) is 0 Å². The molecule has 0 aliphatic carbocycles. The highest BCUT2D eigenvalue weighted by Crippen LogP contribution is 2.16. The molecule has 0 bridgehead atoms. The van der Waals surface area contributed by atoms with Crippen molar-refractivity contribution in [1.82, 2.24) is 5.32 Å². The molecule has 1 N–H and O–H groups in total. The zero-order chi connectivity index (χ0) is 10.0. The van der Waals surface area contributed by atoms with Gasteiger partial charge >= 0.3 is 0 Å². The van der Waals surface area contributed by atoms with Gasteiger partial charge in [0.25, 0.3) is 0 Å². The molecule has 0 aromatic carbocycles. The Kier molecular flexibility index (Phi) is 10.9. The Morgan fingerprint density at radius 3 is 1.58 bits per heavy atom. The van der Waals surface area contributed by atoms with Gasteiger partial charge in [-0.1, -0.05) is 34.1 Å². The van der Waals surface area contributed by atoms with Gasteiger partial charge in [0.2, 0.25) is 0 Å². The Hall–Kier alpha value is -0.0400. The van der Waals surface area contributed by atoms with Crippen molar-refractivity contribution < 1.29 is 0 Å². The van der Waals surface area contributed by atoms with Crippen LogP contribution in [0.4, 0.5) is 0 Å². The third-order valence-corrected chi connectivity index (χ3v) is 1.83. The van der Waals surface area contributed by atoms with Gasteiger partial charge in [0, 0.05) is 5.54 Å². The van der Waals surface area contributed by atoms with Gasteiger partial charge in [-0.3, -0.25) is 0 Å². The molecule has 1 aliphatic rings. The molecule has 0 radical (unpaired) electrons. The Morgan fingerprint density at radius 1 is 0.917 bits per heavy atom. The van der Waals surface area contributed by atoms with Crippen LogP contribution in [0.2, 0.25) is 0 Å². The molecule has 1 nitrogen and oxygen atoms in total. The Labute approximate surface area is 78.9 Å². The van der Waals surface area contributed by atoms with Crippen molar-refractivity contribution >= 4 is 0 Å². The van der Waals surface area contributed by atoms with E-state index in [-0.39, 0.29) is 0 Å². The number of hydrogen-bond acceptors (Lipinski definition) is 1. The molecule has 0 spiro atoms. The van der Waals surface area contributed by atoms with E-state index >= 15 is 0 Å². The molecule has 1 rings (SSSR count). The lowest BCUT2D eigenvalue weighted by atomic mass is 9.93. The highest BCUT2D eigenvalue weighted by Gasteiger charge is 2.18. The van der Waals surface area contributed by atoms with Gasteiger partial charge in [-0.05, 0) is 33.2 Å². The molecule has 0 atom stereocenters. The molecular weight excluding hydrogens is 146 g/mol. The average molecular weight is 173 g/mol. The van der Waals surface area contributed by atoms with Gasteiger partial charge in [0.1, 0.15) is 0 Å². The highest BCUT2D eigenvalue weighted by molar-refractivity contribution is 4.80. The zero-order valence-electron chi connectivity index (χ0n) is 9.83. The van der Waals surface area contributed by atoms with Gasteiger partial charge in [-0.2, -0.15) is 0 Å².